The lowest BCUT2D eigenvalue weighted by molar-refractivity contribution is 0.0698. The zero-order valence-corrected chi connectivity index (χ0v) is 14.9. The molecule has 0 spiro atoms. The number of carbonyl (C=O) groups is 2. The van der Waals surface area contributed by atoms with Crippen molar-refractivity contribution in [3.05, 3.63) is 82.4 Å². The first-order valence-corrected chi connectivity index (χ1v) is 9.16. The van der Waals surface area contributed by atoms with Crippen LogP contribution in [0.2, 0.25) is 0 Å². The number of thiazole rings is 1. The van der Waals surface area contributed by atoms with E-state index in [1.807, 2.05) is 34.2 Å². The van der Waals surface area contributed by atoms with Crippen LogP contribution in [0.3, 0.4) is 0 Å². The van der Waals surface area contributed by atoms with E-state index in [4.69, 9.17) is 0 Å². The number of nitrogens with zero attached hydrogens (tertiary/aromatic N) is 2. The summed E-state index contributed by atoms with van der Waals surface area (Å²) in [6.07, 6.45) is 1.78. The second-order valence-electron chi connectivity index (χ2n) is 5.97. The van der Waals surface area contributed by atoms with Crippen molar-refractivity contribution in [1.82, 2.24) is 9.55 Å². The molecule has 4 aromatic rings. The van der Waals surface area contributed by atoms with E-state index < -0.39 is 5.97 Å². The summed E-state index contributed by atoms with van der Waals surface area (Å²) in [6.45, 7) is 0.559. The van der Waals surface area contributed by atoms with Gasteiger partial charge < -0.3 is 15.0 Å². The normalized spacial score (nSPS) is 10.8. The first kappa shape index (κ1) is 17.0. The maximum absolute atomic E-state index is 12.9. The molecule has 0 aliphatic heterocycles. The molecule has 6 nitrogen and oxygen atoms in total. The van der Waals surface area contributed by atoms with E-state index >= 15 is 0 Å². The number of carboxylic acids is 1. The van der Waals surface area contributed by atoms with Gasteiger partial charge in [0.05, 0.1) is 34.6 Å². The third-order valence-electron chi connectivity index (χ3n) is 4.25. The van der Waals surface area contributed by atoms with E-state index in [9.17, 15) is 14.7 Å². The molecule has 0 bridgehead atoms. The number of carbonyl (C=O) groups excluding carboxylic acids is 1. The van der Waals surface area contributed by atoms with E-state index in [1.165, 1.54) is 17.4 Å². The van der Waals surface area contributed by atoms with Gasteiger partial charge in [0, 0.05) is 22.5 Å². The number of para-hydroxylation sites is 2. The largest absolute Gasteiger partial charge is 0.478 e. The van der Waals surface area contributed by atoms with Crippen molar-refractivity contribution in [2.24, 2.45) is 0 Å². The molecular weight excluding hydrogens is 362 g/mol. The Bertz CT molecular complexity index is 1130. The third-order valence-corrected chi connectivity index (χ3v) is 4.89. The Kier molecular flexibility index (Phi) is 4.43. The van der Waals surface area contributed by atoms with Crippen LogP contribution in [0.5, 0.6) is 0 Å². The topological polar surface area (TPSA) is 84.2 Å². The van der Waals surface area contributed by atoms with Crippen molar-refractivity contribution in [2.75, 3.05) is 5.32 Å². The maximum atomic E-state index is 12.9. The van der Waals surface area contributed by atoms with Crippen molar-refractivity contribution in [2.45, 2.75) is 6.54 Å². The summed E-state index contributed by atoms with van der Waals surface area (Å²) in [7, 11) is 0. The fraction of sp³-hybridized carbons (Fsp3) is 0.0500. The first-order valence-electron chi connectivity index (χ1n) is 8.22. The number of hydrogen-bond acceptors (Lipinski definition) is 4. The number of hydrogen-bond donors (Lipinski definition) is 2. The van der Waals surface area contributed by atoms with Crippen LogP contribution < -0.4 is 5.32 Å². The van der Waals surface area contributed by atoms with Crippen LogP contribution in [-0.2, 0) is 6.54 Å². The standard InChI is InChI=1S/C20H15N3O3S/c24-19(22-17-7-3-1-6-15(17)20(25)26)16-10-23(9-13-11-27-12-21-13)18-8-4-2-5-14(16)18/h1-8,10-12H,9H2,(H,22,24)(H,25,26). The average molecular weight is 377 g/mol. The van der Waals surface area contributed by atoms with Crippen LogP contribution in [0.4, 0.5) is 5.69 Å². The van der Waals surface area contributed by atoms with Gasteiger partial charge in [-0.1, -0.05) is 30.3 Å². The quantitative estimate of drug-likeness (QED) is 0.548. The van der Waals surface area contributed by atoms with Gasteiger partial charge in [-0.05, 0) is 18.2 Å². The molecule has 0 atom stereocenters. The van der Waals surface area contributed by atoms with Crippen molar-refractivity contribution in [3.63, 3.8) is 0 Å². The molecule has 7 heteroatoms. The number of amides is 1. The van der Waals surface area contributed by atoms with Gasteiger partial charge in [-0.15, -0.1) is 11.3 Å². The highest BCUT2D eigenvalue weighted by Crippen LogP contribution is 2.24. The molecule has 2 N–H and O–H groups in total. The van der Waals surface area contributed by atoms with Crippen molar-refractivity contribution in [1.29, 1.82) is 0 Å². The molecule has 134 valence electrons. The molecule has 27 heavy (non-hydrogen) atoms. The van der Waals surface area contributed by atoms with Crippen molar-refractivity contribution < 1.29 is 14.7 Å². The molecule has 0 fully saturated rings. The minimum absolute atomic E-state index is 0.0528. The SMILES string of the molecule is O=C(O)c1ccccc1NC(=O)c1cn(Cc2cscn2)c2ccccc12. The van der Waals surface area contributed by atoms with Crippen molar-refractivity contribution >= 4 is 39.8 Å². The summed E-state index contributed by atoms with van der Waals surface area (Å²) >= 11 is 1.52. The van der Waals surface area contributed by atoms with Gasteiger partial charge in [-0.25, -0.2) is 9.78 Å². The fourth-order valence-electron chi connectivity index (χ4n) is 3.02. The second kappa shape index (κ2) is 7.05. The Balaban J connectivity index is 1.71. The third kappa shape index (κ3) is 3.32. The van der Waals surface area contributed by atoms with Gasteiger partial charge >= 0.3 is 5.97 Å². The maximum Gasteiger partial charge on any atom is 0.337 e. The highest BCUT2D eigenvalue weighted by molar-refractivity contribution is 7.07. The summed E-state index contributed by atoms with van der Waals surface area (Å²) in [5.41, 5.74) is 4.42. The van der Waals surface area contributed by atoms with Crippen LogP contribution in [0.1, 0.15) is 26.4 Å². The molecule has 2 heterocycles. The lowest BCUT2D eigenvalue weighted by Gasteiger charge is -2.07. The van der Waals surface area contributed by atoms with Gasteiger partial charge in [0.2, 0.25) is 0 Å². The molecule has 1 amide bonds. The number of aromatic carboxylic acids is 1. The predicted octanol–water partition coefficient (Wildman–Crippen LogP) is 4.10. The van der Waals surface area contributed by atoms with Crippen molar-refractivity contribution in [3.8, 4) is 0 Å². The summed E-state index contributed by atoms with van der Waals surface area (Å²) in [5, 5.41) is 14.8. The Morgan fingerprint density at radius 2 is 1.85 bits per heavy atom. The highest BCUT2D eigenvalue weighted by atomic mass is 32.1. The predicted molar refractivity (Wildman–Crippen MR) is 105 cm³/mol. The molecule has 0 aliphatic rings. The lowest BCUT2D eigenvalue weighted by Crippen LogP contribution is -2.14. The number of fused-ring (bicyclic) bond motifs is 1. The number of nitrogens with one attached hydrogen (secondary N) is 1. The molecule has 2 aromatic heterocycles. The fourth-order valence-corrected chi connectivity index (χ4v) is 3.57. The Hall–Kier alpha value is -3.45. The zero-order chi connectivity index (χ0) is 18.8. The lowest BCUT2D eigenvalue weighted by atomic mass is 10.1. The number of anilines is 1. The Morgan fingerprint density at radius 3 is 2.63 bits per heavy atom. The van der Waals surface area contributed by atoms with Gasteiger partial charge in [0.1, 0.15) is 0 Å². The average Bonchev–Trinajstić information content (AvgIpc) is 3.31. The number of aromatic nitrogens is 2. The van der Waals surface area contributed by atoms with Crippen LogP contribution in [0.15, 0.2) is 65.6 Å². The number of rotatable bonds is 5. The Morgan fingerprint density at radius 1 is 1.07 bits per heavy atom. The summed E-state index contributed by atoms with van der Waals surface area (Å²) in [6, 6.07) is 14.0. The zero-order valence-electron chi connectivity index (χ0n) is 14.1. The number of carboxylic acid groups (broad SMARTS) is 1. The molecule has 0 saturated heterocycles. The highest BCUT2D eigenvalue weighted by Gasteiger charge is 2.18. The van der Waals surface area contributed by atoms with E-state index in [1.54, 1.807) is 29.9 Å². The molecular formula is C20H15N3O3S. The van der Waals surface area contributed by atoms with E-state index in [2.05, 4.69) is 10.3 Å². The van der Waals surface area contributed by atoms with E-state index in [-0.39, 0.29) is 17.2 Å². The smallest absolute Gasteiger partial charge is 0.337 e. The van der Waals surface area contributed by atoms with Crippen LogP contribution in [0.25, 0.3) is 10.9 Å². The second-order valence-corrected chi connectivity index (χ2v) is 6.69. The monoisotopic (exact) mass is 377 g/mol. The summed E-state index contributed by atoms with van der Waals surface area (Å²) in [5.74, 6) is -1.44. The molecule has 0 radical (unpaired) electrons. The molecule has 0 aliphatic carbocycles. The molecule has 4 rings (SSSR count). The molecule has 2 aromatic carbocycles. The summed E-state index contributed by atoms with van der Waals surface area (Å²) in [4.78, 5) is 28.6. The van der Waals surface area contributed by atoms with E-state index in [0.29, 0.717) is 12.1 Å². The summed E-state index contributed by atoms with van der Waals surface area (Å²) < 4.78 is 1.97. The molecule has 0 saturated carbocycles. The van der Waals surface area contributed by atoms with Gasteiger partial charge in [-0.3, -0.25) is 4.79 Å². The number of benzene rings is 2. The minimum atomic E-state index is -1.09. The first-order chi connectivity index (χ1) is 13.1. The Labute approximate surface area is 158 Å². The van der Waals surface area contributed by atoms with Gasteiger partial charge in [0.15, 0.2) is 0 Å². The van der Waals surface area contributed by atoms with E-state index in [0.717, 1.165) is 16.6 Å². The molecule has 0 unspecified atom stereocenters. The van der Waals surface area contributed by atoms with Crippen LogP contribution in [0, 0.1) is 0 Å². The van der Waals surface area contributed by atoms with Gasteiger partial charge in [-0.2, -0.15) is 0 Å². The van der Waals surface area contributed by atoms with Crippen LogP contribution >= 0.6 is 11.3 Å². The van der Waals surface area contributed by atoms with Crippen LogP contribution in [-0.4, -0.2) is 26.5 Å². The van der Waals surface area contributed by atoms with Gasteiger partial charge in [0.25, 0.3) is 5.91 Å². The minimum Gasteiger partial charge on any atom is -0.478 e.